The largest absolute Gasteiger partial charge is 0.481 e. The maximum Gasteiger partial charge on any atom is 0.263 e. The molecule has 0 bridgehead atoms. The number of piperazine rings is 1. The number of carbonyl (C=O) groups is 2. The third-order valence-corrected chi connectivity index (χ3v) is 8.93. The van der Waals surface area contributed by atoms with E-state index >= 15 is 0 Å². The number of nitrogens with one attached hydrogen (secondary N) is 1. The van der Waals surface area contributed by atoms with Gasteiger partial charge < -0.3 is 14.5 Å². The van der Waals surface area contributed by atoms with Crippen molar-refractivity contribution >= 4 is 62.3 Å². The molecule has 1 aliphatic heterocycles. The summed E-state index contributed by atoms with van der Waals surface area (Å²) < 4.78 is 34.5. The quantitative estimate of drug-likeness (QED) is 0.358. The van der Waals surface area contributed by atoms with Crippen LogP contribution in [-0.4, -0.2) is 62.3 Å². The van der Waals surface area contributed by atoms with Gasteiger partial charge in [0.05, 0.1) is 15.7 Å². The molecule has 0 spiro atoms. The molecular weight excluding hydrogens is 597 g/mol. The molecule has 4 rings (SSSR count). The van der Waals surface area contributed by atoms with Crippen molar-refractivity contribution in [1.82, 2.24) is 9.80 Å². The summed E-state index contributed by atoms with van der Waals surface area (Å²) in [5.41, 5.74) is 2.21. The van der Waals surface area contributed by atoms with Gasteiger partial charge in [0, 0.05) is 36.8 Å². The Hall–Kier alpha value is -2.98. The number of ether oxygens (including phenoxy) is 1. The van der Waals surface area contributed by atoms with Crippen LogP contribution in [0.4, 0.5) is 5.69 Å². The zero-order valence-electron chi connectivity index (χ0n) is 22.1. The third-order valence-electron chi connectivity index (χ3n) is 6.51. The molecule has 1 heterocycles. The maximum atomic E-state index is 13.3. The standard InChI is InChI=1S/C28H28Cl3N3O5S/c1-17-4-5-18(2)25(14-17)39-19(3)27(35)33-10-12-34(13-11-33)28(36)20-6-8-23(31)26(15-20)40(37,38)32-24-16-21(29)7-9-22(24)30/h4-9,14-16,19,32H,10-13H2,1-3H3. The molecule has 0 aliphatic carbocycles. The summed E-state index contributed by atoms with van der Waals surface area (Å²) in [5, 5.41) is 0.383. The molecule has 1 saturated heterocycles. The zero-order valence-corrected chi connectivity index (χ0v) is 25.2. The first-order chi connectivity index (χ1) is 18.9. The minimum Gasteiger partial charge on any atom is -0.481 e. The minimum absolute atomic E-state index is 0.0598. The Morgan fingerprint density at radius 2 is 1.52 bits per heavy atom. The van der Waals surface area contributed by atoms with Crippen molar-refractivity contribution in [1.29, 1.82) is 0 Å². The first-order valence-corrected chi connectivity index (χ1v) is 15.1. The van der Waals surface area contributed by atoms with E-state index < -0.39 is 16.1 Å². The fourth-order valence-electron chi connectivity index (χ4n) is 4.26. The average Bonchev–Trinajstić information content (AvgIpc) is 2.92. The molecule has 0 saturated carbocycles. The number of halogens is 3. The van der Waals surface area contributed by atoms with Gasteiger partial charge >= 0.3 is 0 Å². The van der Waals surface area contributed by atoms with Gasteiger partial charge in [-0.1, -0.05) is 46.9 Å². The third kappa shape index (κ3) is 6.83. The Balaban J connectivity index is 1.42. The average molecular weight is 625 g/mol. The van der Waals surface area contributed by atoms with E-state index in [1.54, 1.807) is 16.7 Å². The number of amides is 2. The molecular formula is C28H28Cl3N3O5S. The number of hydrogen-bond acceptors (Lipinski definition) is 5. The Labute approximate surface area is 248 Å². The Bertz CT molecular complexity index is 1560. The van der Waals surface area contributed by atoms with Crippen LogP contribution in [0.5, 0.6) is 5.75 Å². The van der Waals surface area contributed by atoms with Crippen LogP contribution in [0.3, 0.4) is 0 Å². The van der Waals surface area contributed by atoms with Crippen LogP contribution in [0, 0.1) is 13.8 Å². The van der Waals surface area contributed by atoms with Crippen LogP contribution in [0.15, 0.2) is 59.5 Å². The predicted molar refractivity (Wildman–Crippen MR) is 157 cm³/mol. The lowest BCUT2D eigenvalue weighted by atomic mass is 10.1. The number of rotatable bonds is 7. The highest BCUT2D eigenvalue weighted by Crippen LogP contribution is 2.30. The molecule has 0 aromatic heterocycles. The van der Waals surface area contributed by atoms with E-state index in [1.807, 2.05) is 32.0 Å². The van der Waals surface area contributed by atoms with Crippen molar-refractivity contribution in [2.75, 3.05) is 30.9 Å². The minimum atomic E-state index is -4.19. The smallest absolute Gasteiger partial charge is 0.263 e. The van der Waals surface area contributed by atoms with Gasteiger partial charge in [0.15, 0.2) is 6.10 Å². The number of benzene rings is 3. The van der Waals surface area contributed by atoms with Gasteiger partial charge in [0.1, 0.15) is 10.6 Å². The van der Waals surface area contributed by atoms with Crippen molar-refractivity contribution < 1.29 is 22.7 Å². The van der Waals surface area contributed by atoms with Gasteiger partial charge in [0.25, 0.3) is 21.8 Å². The van der Waals surface area contributed by atoms with Crippen LogP contribution >= 0.6 is 34.8 Å². The van der Waals surface area contributed by atoms with E-state index in [1.165, 1.54) is 36.4 Å². The van der Waals surface area contributed by atoms with Crippen molar-refractivity contribution in [2.24, 2.45) is 0 Å². The number of sulfonamides is 1. The van der Waals surface area contributed by atoms with Crippen LogP contribution in [-0.2, 0) is 14.8 Å². The molecule has 1 fully saturated rings. The van der Waals surface area contributed by atoms with E-state index in [0.29, 0.717) is 23.9 Å². The predicted octanol–water partition coefficient (Wildman–Crippen LogP) is 5.82. The molecule has 1 unspecified atom stereocenters. The number of anilines is 1. The van der Waals surface area contributed by atoms with Gasteiger partial charge in [-0.15, -0.1) is 0 Å². The summed E-state index contributed by atoms with van der Waals surface area (Å²) in [4.78, 5) is 29.3. The topological polar surface area (TPSA) is 96.0 Å². The molecule has 40 heavy (non-hydrogen) atoms. The van der Waals surface area contributed by atoms with E-state index in [2.05, 4.69) is 4.72 Å². The number of carbonyl (C=O) groups excluding carboxylic acids is 2. The van der Waals surface area contributed by atoms with Gasteiger partial charge in [0.2, 0.25) is 0 Å². The number of nitrogens with zero attached hydrogens (tertiary/aromatic N) is 2. The molecule has 0 radical (unpaired) electrons. The molecule has 3 aromatic rings. The van der Waals surface area contributed by atoms with Gasteiger partial charge in [-0.05, 0) is 74.4 Å². The van der Waals surface area contributed by atoms with Crippen molar-refractivity contribution in [3.05, 3.63) is 86.4 Å². The summed E-state index contributed by atoms with van der Waals surface area (Å²) in [6.45, 7) is 6.79. The lowest BCUT2D eigenvalue weighted by molar-refractivity contribution is -0.139. The van der Waals surface area contributed by atoms with Crippen LogP contribution < -0.4 is 9.46 Å². The van der Waals surface area contributed by atoms with Crippen molar-refractivity contribution in [3.63, 3.8) is 0 Å². The maximum absolute atomic E-state index is 13.3. The molecule has 12 heteroatoms. The number of aryl methyl sites for hydroxylation is 2. The summed E-state index contributed by atoms with van der Waals surface area (Å²) in [6.07, 6.45) is -0.688. The highest BCUT2D eigenvalue weighted by molar-refractivity contribution is 7.92. The molecule has 212 valence electrons. The van der Waals surface area contributed by atoms with Crippen LogP contribution in [0.25, 0.3) is 0 Å². The second-order valence-corrected chi connectivity index (χ2v) is 12.4. The lowest BCUT2D eigenvalue weighted by Gasteiger charge is -2.36. The van der Waals surface area contributed by atoms with Crippen molar-refractivity contribution in [3.8, 4) is 5.75 Å². The lowest BCUT2D eigenvalue weighted by Crippen LogP contribution is -2.53. The summed E-state index contributed by atoms with van der Waals surface area (Å²) in [6, 6.07) is 14.2. The number of hydrogen-bond donors (Lipinski definition) is 1. The first-order valence-electron chi connectivity index (χ1n) is 12.4. The Morgan fingerprint density at radius 3 is 2.23 bits per heavy atom. The molecule has 3 aromatic carbocycles. The molecule has 1 aliphatic rings. The second kappa shape index (κ2) is 12.3. The molecule has 2 amide bonds. The summed E-state index contributed by atoms with van der Waals surface area (Å²) in [7, 11) is -4.19. The Morgan fingerprint density at radius 1 is 0.875 bits per heavy atom. The zero-order chi connectivity index (χ0) is 29.2. The fraction of sp³-hybridized carbons (Fsp3) is 0.286. The Kier molecular flexibility index (Phi) is 9.19. The van der Waals surface area contributed by atoms with E-state index in [9.17, 15) is 18.0 Å². The highest BCUT2D eigenvalue weighted by atomic mass is 35.5. The second-order valence-electron chi connectivity index (χ2n) is 9.52. The van der Waals surface area contributed by atoms with Gasteiger partial charge in [-0.3, -0.25) is 14.3 Å². The highest BCUT2D eigenvalue weighted by Gasteiger charge is 2.29. The van der Waals surface area contributed by atoms with Crippen LogP contribution in [0.2, 0.25) is 15.1 Å². The van der Waals surface area contributed by atoms with Gasteiger partial charge in [-0.2, -0.15) is 0 Å². The fourth-order valence-corrected chi connectivity index (χ4v) is 6.25. The van der Waals surface area contributed by atoms with E-state index in [4.69, 9.17) is 39.5 Å². The summed E-state index contributed by atoms with van der Waals surface area (Å²) >= 11 is 18.3. The first kappa shape index (κ1) is 30.0. The molecule has 1 N–H and O–H groups in total. The molecule has 1 atom stereocenters. The molecule has 8 nitrogen and oxygen atoms in total. The van der Waals surface area contributed by atoms with E-state index in [-0.39, 0.29) is 51.1 Å². The van der Waals surface area contributed by atoms with Crippen LogP contribution in [0.1, 0.15) is 28.4 Å². The van der Waals surface area contributed by atoms with Gasteiger partial charge in [-0.25, -0.2) is 8.42 Å². The van der Waals surface area contributed by atoms with Crippen molar-refractivity contribution in [2.45, 2.75) is 31.8 Å². The SMILES string of the molecule is Cc1ccc(C)c(OC(C)C(=O)N2CCN(C(=O)c3ccc(Cl)c(S(=O)(=O)Nc4cc(Cl)ccc4Cl)c3)CC2)c1. The normalized spacial score (nSPS) is 14.6. The monoisotopic (exact) mass is 623 g/mol. The summed E-state index contributed by atoms with van der Waals surface area (Å²) in [5.74, 6) is 0.120. The van der Waals surface area contributed by atoms with E-state index in [0.717, 1.165) is 11.1 Å².